The molecular weight excluding hydrogens is 196 g/mol. The summed E-state index contributed by atoms with van der Waals surface area (Å²) in [6.45, 7) is 1.95. The minimum Gasteiger partial charge on any atom is -0.373 e. The van der Waals surface area contributed by atoms with Crippen LogP contribution in [0.2, 0.25) is 0 Å². The van der Waals surface area contributed by atoms with Gasteiger partial charge in [-0.3, -0.25) is 4.98 Å². The van der Waals surface area contributed by atoms with Crippen LogP contribution in [0.4, 0.5) is 5.82 Å². The van der Waals surface area contributed by atoms with Crippen molar-refractivity contribution in [2.75, 3.05) is 12.4 Å². The van der Waals surface area contributed by atoms with Crippen LogP contribution in [0.1, 0.15) is 5.69 Å². The number of aromatic nitrogens is 3. The zero-order valence-corrected chi connectivity index (χ0v) is 8.80. The highest BCUT2D eigenvalue weighted by Gasteiger charge is 2.04. The van der Waals surface area contributed by atoms with Gasteiger partial charge in [-0.1, -0.05) is 0 Å². The Morgan fingerprint density at radius 2 is 2.21 bits per heavy atom. The Labute approximate surface area is 86.1 Å². The van der Waals surface area contributed by atoms with Crippen LogP contribution >= 0.6 is 11.3 Å². The molecule has 0 spiro atoms. The van der Waals surface area contributed by atoms with Crippen LogP contribution in [-0.2, 0) is 0 Å². The maximum Gasteiger partial charge on any atom is 0.173 e. The van der Waals surface area contributed by atoms with Gasteiger partial charge in [0.2, 0.25) is 0 Å². The summed E-state index contributed by atoms with van der Waals surface area (Å²) in [5, 5.41) is 3.00. The second-order valence-corrected chi connectivity index (χ2v) is 3.72. The average molecular weight is 206 g/mol. The first-order valence-electron chi connectivity index (χ1n) is 4.22. The lowest BCUT2D eigenvalue weighted by molar-refractivity contribution is 1.11. The summed E-state index contributed by atoms with van der Waals surface area (Å²) in [7, 11) is 1.85. The van der Waals surface area contributed by atoms with Crippen molar-refractivity contribution < 1.29 is 0 Å². The lowest BCUT2D eigenvalue weighted by Crippen LogP contribution is -1.97. The number of rotatable bonds is 2. The van der Waals surface area contributed by atoms with E-state index in [0.717, 1.165) is 22.2 Å². The molecule has 0 aliphatic carbocycles. The van der Waals surface area contributed by atoms with Crippen LogP contribution in [0.5, 0.6) is 0 Å². The Morgan fingerprint density at radius 3 is 2.86 bits per heavy atom. The van der Waals surface area contributed by atoms with Crippen LogP contribution in [0.3, 0.4) is 0 Å². The molecule has 0 fully saturated rings. The maximum absolute atomic E-state index is 4.34. The number of hydrogen-bond acceptors (Lipinski definition) is 5. The number of nitrogens with zero attached hydrogens (tertiary/aromatic N) is 3. The third-order valence-corrected chi connectivity index (χ3v) is 2.53. The summed E-state index contributed by atoms with van der Waals surface area (Å²) in [6.07, 6.45) is 1.78. The monoisotopic (exact) mass is 206 g/mol. The molecule has 0 atom stereocenters. The van der Waals surface area contributed by atoms with Gasteiger partial charge in [-0.15, -0.1) is 11.3 Å². The van der Waals surface area contributed by atoms with Gasteiger partial charge in [0.15, 0.2) is 5.82 Å². The summed E-state index contributed by atoms with van der Waals surface area (Å²) >= 11 is 1.54. The minimum atomic E-state index is 0.733. The van der Waals surface area contributed by atoms with Crippen molar-refractivity contribution in [3.63, 3.8) is 0 Å². The number of anilines is 1. The third kappa shape index (κ3) is 1.72. The van der Waals surface area contributed by atoms with Crippen molar-refractivity contribution >= 4 is 17.2 Å². The predicted molar refractivity (Wildman–Crippen MR) is 57.4 cm³/mol. The average Bonchev–Trinajstić information content (AvgIpc) is 2.69. The molecule has 0 aliphatic heterocycles. The van der Waals surface area contributed by atoms with E-state index in [0.29, 0.717) is 0 Å². The first-order chi connectivity index (χ1) is 6.79. The molecule has 4 nitrogen and oxygen atoms in total. The molecule has 72 valence electrons. The van der Waals surface area contributed by atoms with Gasteiger partial charge in [0.25, 0.3) is 0 Å². The fourth-order valence-electron chi connectivity index (χ4n) is 1.13. The van der Waals surface area contributed by atoms with Crippen LogP contribution in [0, 0.1) is 6.92 Å². The second kappa shape index (κ2) is 3.71. The summed E-state index contributed by atoms with van der Waals surface area (Å²) in [5.41, 5.74) is 2.73. The quantitative estimate of drug-likeness (QED) is 0.816. The molecule has 0 unspecified atom stereocenters. The summed E-state index contributed by atoms with van der Waals surface area (Å²) < 4.78 is 0. The number of thiazole rings is 1. The first kappa shape index (κ1) is 9.08. The molecule has 5 heteroatoms. The maximum atomic E-state index is 4.34. The highest BCUT2D eigenvalue weighted by atomic mass is 32.1. The Hall–Kier alpha value is -1.49. The van der Waals surface area contributed by atoms with Gasteiger partial charge in [0.1, 0.15) is 5.82 Å². The molecule has 0 radical (unpaired) electrons. The molecule has 2 rings (SSSR count). The topological polar surface area (TPSA) is 50.7 Å². The van der Waals surface area contributed by atoms with Gasteiger partial charge in [-0.05, 0) is 6.92 Å². The smallest absolute Gasteiger partial charge is 0.173 e. The SMILES string of the molecule is CNc1cc(C)nc(-c2cncs2)n1. The molecule has 1 N–H and O–H groups in total. The molecular formula is C9H10N4S. The van der Waals surface area contributed by atoms with E-state index >= 15 is 0 Å². The van der Waals surface area contributed by atoms with Crippen molar-refractivity contribution in [3.8, 4) is 10.7 Å². The van der Waals surface area contributed by atoms with E-state index in [2.05, 4.69) is 20.3 Å². The molecule has 14 heavy (non-hydrogen) atoms. The van der Waals surface area contributed by atoms with Crippen molar-refractivity contribution in [2.24, 2.45) is 0 Å². The van der Waals surface area contributed by atoms with Gasteiger partial charge < -0.3 is 5.32 Å². The number of aryl methyl sites for hydroxylation is 1. The lowest BCUT2D eigenvalue weighted by atomic mass is 10.4. The van der Waals surface area contributed by atoms with Gasteiger partial charge >= 0.3 is 0 Å². The Kier molecular flexibility index (Phi) is 2.41. The van der Waals surface area contributed by atoms with E-state index in [1.165, 1.54) is 0 Å². The van der Waals surface area contributed by atoms with E-state index in [9.17, 15) is 0 Å². The van der Waals surface area contributed by atoms with Crippen LogP contribution in [0.25, 0.3) is 10.7 Å². The third-order valence-electron chi connectivity index (χ3n) is 1.76. The number of nitrogens with one attached hydrogen (secondary N) is 1. The van der Waals surface area contributed by atoms with E-state index in [1.807, 2.05) is 20.0 Å². The fourth-order valence-corrected chi connectivity index (χ4v) is 1.69. The van der Waals surface area contributed by atoms with Crippen molar-refractivity contribution in [1.29, 1.82) is 0 Å². The van der Waals surface area contributed by atoms with Crippen molar-refractivity contribution in [3.05, 3.63) is 23.5 Å². The van der Waals surface area contributed by atoms with E-state index < -0.39 is 0 Å². The Morgan fingerprint density at radius 1 is 1.36 bits per heavy atom. The van der Waals surface area contributed by atoms with Gasteiger partial charge in [0, 0.05) is 25.0 Å². The van der Waals surface area contributed by atoms with Crippen molar-refractivity contribution in [2.45, 2.75) is 6.92 Å². The summed E-state index contributed by atoms with van der Waals surface area (Å²) in [6, 6.07) is 1.91. The molecule has 2 heterocycles. The molecule has 0 saturated carbocycles. The molecule has 0 saturated heterocycles. The highest BCUT2D eigenvalue weighted by Crippen LogP contribution is 2.20. The van der Waals surface area contributed by atoms with E-state index in [1.54, 1.807) is 23.0 Å². The van der Waals surface area contributed by atoms with E-state index in [-0.39, 0.29) is 0 Å². The molecule has 0 aromatic carbocycles. The minimum absolute atomic E-state index is 0.733. The van der Waals surface area contributed by atoms with Crippen LogP contribution < -0.4 is 5.32 Å². The Balaban J connectivity index is 2.48. The highest BCUT2D eigenvalue weighted by molar-refractivity contribution is 7.13. The molecule has 2 aromatic rings. The van der Waals surface area contributed by atoms with Crippen LogP contribution in [-0.4, -0.2) is 22.0 Å². The summed E-state index contributed by atoms with van der Waals surface area (Å²) in [4.78, 5) is 13.7. The summed E-state index contributed by atoms with van der Waals surface area (Å²) in [5.74, 6) is 1.57. The number of hydrogen-bond donors (Lipinski definition) is 1. The van der Waals surface area contributed by atoms with Crippen LogP contribution in [0.15, 0.2) is 17.8 Å². The molecule has 0 amide bonds. The zero-order valence-electron chi connectivity index (χ0n) is 7.98. The molecule has 0 bridgehead atoms. The van der Waals surface area contributed by atoms with Gasteiger partial charge in [0.05, 0.1) is 10.4 Å². The second-order valence-electron chi connectivity index (χ2n) is 2.83. The fraction of sp³-hybridized carbons (Fsp3) is 0.222. The predicted octanol–water partition coefficient (Wildman–Crippen LogP) is 1.95. The largest absolute Gasteiger partial charge is 0.373 e. The van der Waals surface area contributed by atoms with E-state index in [4.69, 9.17) is 0 Å². The molecule has 0 aliphatic rings. The normalized spacial score (nSPS) is 10.1. The van der Waals surface area contributed by atoms with Crippen molar-refractivity contribution in [1.82, 2.24) is 15.0 Å². The zero-order chi connectivity index (χ0) is 9.97. The molecule has 2 aromatic heterocycles. The standard InChI is InChI=1S/C9H10N4S/c1-6-3-8(10-2)13-9(12-6)7-4-11-5-14-7/h3-5H,1-2H3,(H,10,12,13). The van der Waals surface area contributed by atoms with Gasteiger partial charge in [-0.2, -0.15) is 0 Å². The van der Waals surface area contributed by atoms with Gasteiger partial charge in [-0.25, -0.2) is 9.97 Å². The first-order valence-corrected chi connectivity index (χ1v) is 5.10. The lowest BCUT2D eigenvalue weighted by Gasteiger charge is -2.02. The Bertz CT molecular complexity index is 424.